The number of pyridine rings is 1. The number of carbonyl (C=O) groups excluding carboxylic acids is 1. The first-order valence-electron chi connectivity index (χ1n) is 8.50. The number of carbonyl (C=O) groups is 1. The van der Waals surface area contributed by atoms with Crippen LogP contribution in [0, 0.1) is 0 Å². The van der Waals surface area contributed by atoms with Crippen LogP contribution in [0.4, 0.5) is 0 Å². The molecule has 4 heteroatoms. The van der Waals surface area contributed by atoms with Crippen molar-refractivity contribution in [1.82, 2.24) is 0 Å². The Morgan fingerprint density at radius 3 is 1.92 bits per heavy atom. The van der Waals surface area contributed by atoms with E-state index < -0.39 is 5.92 Å². The predicted molar refractivity (Wildman–Crippen MR) is 97.0 cm³/mol. The molecule has 26 heavy (non-hydrogen) atoms. The van der Waals surface area contributed by atoms with E-state index in [1.54, 1.807) is 0 Å². The molecular formula is C22H22ClNO2. The van der Waals surface area contributed by atoms with Crippen molar-refractivity contribution in [1.29, 1.82) is 0 Å². The fourth-order valence-electron chi connectivity index (χ4n) is 2.93. The fraction of sp³-hybridized carbons (Fsp3) is 0.182. The first kappa shape index (κ1) is 19.7. The fourth-order valence-corrected chi connectivity index (χ4v) is 2.93. The second kappa shape index (κ2) is 9.73. The van der Waals surface area contributed by atoms with Crippen molar-refractivity contribution in [2.24, 2.45) is 0 Å². The number of rotatable bonds is 6. The van der Waals surface area contributed by atoms with Gasteiger partial charge in [-0.15, -0.1) is 0 Å². The van der Waals surface area contributed by atoms with Gasteiger partial charge in [-0.2, -0.15) is 0 Å². The van der Waals surface area contributed by atoms with Crippen molar-refractivity contribution in [3.63, 3.8) is 0 Å². The smallest absolute Gasteiger partial charge is 0.318 e. The van der Waals surface area contributed by atoms with Gasteiger partial charge in [0.25, 0.3) is 0 Å². The van der Waals surface area contributed by atoms with Crippen LogP contribution in [0.25, 0.3) is 0 Å². The summed E-state index contributed by atoms with van der Waals surface area (Å²) in [6.07, 6.45) is 2.32. The van der Waals surface area contributed by atoms with Crippen LogP contribution in [0.15, 0.2) is 85.1 Å². The maximum atomic E-state index is 12.9. The van der Waals surface area contributed by atoms with Crippen molar-refractivity contribution in [3.05, 3.63) is 102 Å². The molecule has 0 aliphatic heterocycles. The molecule has 1 aromatic heterocycles. The summed E-state index contributed by atoms with van der Waals surface area (Å²) in [6.45, 7) is 1.92. The molecule has 0 aliphatic rings. The zero-order valence-corrected chi connectivity index (χ0v) is 15.4. The number of hydrogen-bond acceptors (Lipinski definition) is 2. The average molecular weight is 368 g/mol. The number of aromatic amines is 1. The second-order valence-electron chi connectivity index (χ2n) is 6.09. The van der Waals surface area contributed by atoms with Gasteiger partial charge in [0.2, 0.25) is 0 Å². The first-order valence-corrected chi connectivity index (χ1v) is 8.50. The highest BCUT2D eigenvalue weighted by molar-refractivity contribution is 5.82. The number of aromatic nitrogens is 1. The standard InChI is InChI=1S/C22H21NO2.ClH/c1-17(16-20-14-8-9-15-23-20)25-22(24)21(18-10-4-2-5-11-18)19-12-6-3-7-13-19;/h2-15,17,21H,16H2,1H3;1H. The lowest BCUT2D eigenvalue weighted by Gasteiger charge is -2.19. The SMILES string of the molecule is CC(Cc1cccc[nH+]1)OC(=O)C(c1ccccc1)c1ccccc1.[Cl-]. The number of esters is 1. The van der Waals surface area contributed by atoms with E-state index in [2.05, 4.69) is 4.98 Å². The van der Waals surface area contributed by atoms with Crippen LogP contribution in [-0.2, 0) is 16.0 Å². The van der Waals surface area contributed by atoms with E-state index in [1.807, 2.05) is 92.0 Å². The van der Waals surface area contributed by atoms with E-state index in [1.165, 1.54) is 0 Å². The van der Waals surface area contributed by atoms with Crippen molar-refractivity contribution in [3.8, 4) is 0 Å². The summed E-state index contributed by atoms with van der Waals surface area (Å²) in [5.41, 5.74) is 2.92. The number of H-pyrrole nitrogens is 1. The Morgan fingerprint density at radius 1 is 0.885 bits per heavy atom. The van der Waals surface area contributed by atoms with E-state index in [0.29, 0.717) is 6.42 Å². The number of benzene rings is 2. The molecular weight excluding hydrogens is 346 g/mol. The lowest BCUT2D eigenvalue weighted by molar-refractivity contribution is -0.391. The highest BCUT2D eigenvalue weighted by Gasteiger charge is 2.26. The monoisotopic (exact) mass is 367 g/mol. The van der Waals surface area contributed by atoms with E-state index in [-0.39, 0.29) is 24.5 Å². The Hall–Kier alpha value is -2.65. The Bertz CT molecular complexity index is 755. The summed E-state index contributed by atoms with van der Waals surface area (Å²) in [4.78, 5) is 16.1. The molecule has 1 atom stereocenters. The minimum atomic E-state index is -0.412. The van der Waals surface area contributed by atoms with Crippen LogP contribution in [0.5, 0.6) is 0 Å². The number of nitrogens with one attached hydrogen (secondary N) is 1. The predicted octanol–water partition coefficient (Wildman–Crippen LogP) is 0.811. The van der Waals surface area contributed by atoms with Crippen molar-refractivity contribution in [2.75, 3.05) is 0 Å². The summed E-state index contributed by atoms with van der Waals surface area (Å²) in [5.74, 6) is -0.634. The van der Waals surface area contributed by atoms with Crippen LogP contribution in [0.3, 0.4) is 0 Å². The molecule has 0 spiro atoms. The maximum Gasteiger partial charge on any atom is 0.318 e. The molecule has 1 N–H and O–H groups in total. The molecule has 2 aromatic carbocycles. The molecule has 3 nitrogen and oxygen atoms in total. The van der Waals surface area contributed by atoms with Gasteiger partial charge in [-0.05, 0) is 18.1 Å². The normalized spacial score (nSPS) is 11.5. The van der Waals surface area contributed by atoms with Crippen molar-refractivity contribution < 1.29 is 26.9 Å². The van der Waals surface area contributed by atoms with Gasteiger partial charge >= 0.3 is 5.97 Å². The van der Waals surface area contributed by atoms with Gasteiger partial charge in [-0.25, -0.2) is 4.98 Å². The molecule has 134 valence electrons. The van der Waals surface area contributed by atoms with Crippen LogP contribution in [0.1, 0.15) is 29.7 Å². The number of ether oxygens (including phenoxy) is 1. The van der Waals surface area contributed by atoms with Gasteiger partial charge in [0.05, 0.1) is 6.42 Å². The Kier molecular flexibility index (Phi) is 7.37. The van der Waals surface area contributed by atoms with Crippen LogP contribution in [0.2, 0.25) is 0 Å². The van der Waals surface area contributed by atoms with E-state index in [9.17, 15) is 4.79 Å². The maximum absolute atomic E-state index is 12.9. The topological polar surface area (TPSA) is 40.4 Å². The van der Waals surface area contributed by atoms with Gasteiger partial charge < -0.3 is 17.1 Å². The highest BCUT2D eigenvalue weighted by Crippen LogP contribution is 2.26. The molecule has 0 bridgehead atoms. The summed E-state index contributed by atoms with van der Waals surface area (Å²) in [6, 6.07) is 25.4. The molecule has 0 aliphatic carbocycles. The summed E-state index contributed by atoms with van der Waals surface area (Å²) in [5, 5.41) is 0. The minimum absolute atomic E-state index is 0. The Labute approximate surface area is 160 Å². The van der Waals surface area contributed by atoms with E-state index in [0.717, 1.165) is 16.8 Å². The Balaban J connectivity index is 0.00000243. The lowest BCUT2D eigenvalue weighted by Crippen LogP contribution is -3.00. The summed E-state index contributed by atoms with van der Waals surface area (Å²) < 4.78 is 5.77. The largest absolute Gasteiger partial charge is 1.00 e. The first-order chi connectivity index (χ1) is 12.2. The van der Waals surface area contributed by atoms with Crippen molar-refractivity contribution >= 4 is 5.97 Å². The minimum Gasteiger partial charge on any atom is -1.00 e. The van der Waals surface area contributed by atoms with E-state index in [4.69, 9.17) is 4.74 Å². The van der Waals surface area contributed by atoms with Crippen LogP contribution < -0.4 is 17.4 Å². The molecule has 1 unspecified atom stereocenters. The van der Waals surface area contributed by atoms with E-state index >= 15 is 0 Å². The van der Waals surface area contributed by atoms with Crippen LogP contribution in [-0.4, -0.2) is 12.1 Å². The van der Waals surface area contributed by atoms with Gasteiger partial charge in [-0.3, -0.25) is 4.79 Å². The molecule has 0 saturated heterocycles. The molecule has 3 aromatic rings. The van der Waals surface area contributed by atoms with Crippen LogP contribution >= 0.6 is 0 Å². The Morgan fingerprint density at radius 2 is 1.42 bits per heavy atom. The molecule has 1 heterocycles. The zero-order chi connectivity index (χ0) is 17.5. The third-order valence-electron chi connectivity index (χ3n) is 4.10. The zero-order valence-electron chi connectivity index (χ0n) is 14.6. The van der Waals surface area contributed by atoms with Gasteiger partial charge in [-0.1, -0.05) is 66.7 Å². The third-order valence-corrected chi connectivity index (χ3v) is 4.10. The third kappa shape index (κ3) is 5.17. The average Bonchev–Trinajstić information content (AvgIpc) is 2.64. The molecule has 3 rings (SSSR count). The quantitative estimate of drug-likeness (QED) is 0.605. The molecule has 0 fully saturated rings. The molecule has 0 radical (unpaired) electrons. The molecule has 0 saturated carbocycles. The summed E-state index contributed by atoms with van der Waals surface area (Å²) >= 11 is 0. The lowest BCUT2D eigenvalue weighted by atomic mass is 9.91. The van der Waals surface area contributed by atoms with Gasteiger partial charge in [0.1, 0.15) is 12.0 Å². The number of hydrogen-bond donors (Lipinski definition) is 0. The van der Waals surface area contributed by atoms with Crippen molar-refractivity contribution in [2.45, 2.75) is 25.4 Å². The second-order valence-corrected chi connectivity index (χ2v) is 6.09. The highest BCUT2D eigenvalue weighted by atomic mass is 35.5. The summed E-state index contributed by atoms with van der Waals surface area (Å²) in [7, 11) is 0. The van der Waals surface area contributed by atoms with Gasteiger partial charge in [0.15, 0.2) is 11.9 Å². The molecule has 0 amide bonds. The van der Waals surface area contributed by atoms with Gasteiger partial charge in [0, 0.05) is 12.1 Å². The number of halogens is 1.